The molecule has 22 heavy (non-hydrogen) atoms. The van der Waals surface area contributed by atoms with E-state index in [1.807, 2.05) is 12.1 Å². The molecule has 0 N–H and O–H groups in total. The van der Waals surface area contributed by atoms with E-state index in [4.69, 9.17) is 4.74 Å². The number of ether oxygens (including phenoxy) is 1. The van der Waals surface area contributed by atoms with Crippen molar-refractivity contribution >= 4 is 37.7 Å². The van der Waals surface area contributed by atoms with Crippen molar-refractivity contribution in [2.75, 3.05) is 7.11 Å². The van der Waals surface area contributed by atoms with Crippen LogP contribution < -0.4 is 4.74 Å². The minimum atomic E-state index is 0.866. The maximum absolute atomic E-state index is 5.26. The van der Waals surface area contributed by atoms with E-state index in [9.17, 15) is 0 Å². The van der Waals surface area contributed by atoms with Crippen LogP contribution >= 0.6 is 15.9 Å². The zero-order valence-electron chi connectivity index (χ0n) is 12.1. The smallest absolute Gasteiger partial charge is 0.119 e. The highest BCUT2D eigenvalue weighted by Gasteiger charge is 2.11. The van der Waals surface area contributed by atoms with Gasteiger partial charge < -0.3 is 9.30 Å². The molecule has 1 heterocycles. The Labute approximate surface area is 137 Å². The van der Waals surface area contributed by atoms with Crippen molar-refractivity contribution in [2.24, 2.45) is 0 Å². The number of nitrogens with zero attached hydrogens (tertiary/aromatic N) is 1. The second kappa shape index (κ2) is 5.18. The summed E-state index contributed by atoms with van der Waals surface area (Å²) in [7, 11) is 1.69. The average Bonchev–Trinajstić information content (AvgIpc) is 2.88. The van der Waals surface area contributed by atoms with Crippen molar-refractivity contribution < 1.29 is 4.74 Å². The summed E-state index contributed by atoms with van der Waals surface area (Å²) >= 11 is 3.59. The van der Waals surface area contributed by atoms with Crippen LogP contribution in [0, 0.1) is 0 Å². The van der Waals surface area contributed by atoms with E-state index < -0.39 is 0 Å². The van der Waals surface area contributed by atoms with Gasteiger partial charge in [0.2, 0.25) is 0 Å². The van der Waals surface area contributed by atoms with Gasteiger partial charge in [-0.1, -0.05) is 40.2 Å². The fourth-order valence-electron chi connectivity index (χ4n) is 2.95. The Bertz CT molecular complexity index is 970. The Hall–Kier alpha value is -2.26. The van der Waals surface area contributed by atoms with Crippen molar-refractivity contribution in [1.82, 2.24) is 4.57 Å². The van der Waals surface area contributed by atoms with Crippen LogP contribution in [0.3, 0.4) is 0 Å². The molecule has 0 spiro atoms. The van der Waals surface area contributed by atoms with Crippen LogP contribution in [0.2, 0.25) is 0 Å². The number of aromatic nitrogens is 1. The first-order valence-electron chi connectivity index (χ1n) is 7.11. The summed E-state index contributed by atoms with van der Waals surface area (Å²) in [6.07, 6.45) is 0. The maximum Gasteiger partial charge on any atom is 0.119 e. The molecule has 0 amide bonds. The number of halogens is 1. The number of methoxy groups -OCH3 is 1. The third-order valence-electron chi connectivity index (χ3n) is 3.97. The van der Waals surface area contributed by atoms with Gasteiger partial charge in [0.25, 0.3) is 0 Å². The van der Waals surface area contributed by atoms with Crippen molar-refractivity contribution in [1.29, 1.82) is 0 Å². The molecular weight excluding hydrogens is 338 g/mol. The molecule has 0 bridgehead atoms. The number of rotatable bonds is 2. The molecular formula is C19H14BrNO. The summed E-state index contributed by atoms with van der Waals surface area (Å²) in [5, 5.41) is 2.52. The number of para-hydroxylation sites is 1. The van der Waals surface area contributed by atoms with Crippen molar-refractivity contribution in [3.05, 3.63) is 71.2 Å². The van der Waals surface area contributed by atoms with Gasteiger partial charge in [0, 0.05) is 20.9 Å². The minimum Gasteiger partial charge on any atom is -0.497 e. The quantitative estimate of drug-likeness (QED) is 0.461. The van der Waals surface area contributed by atoms with Gasteiger partial charge in [-0.2, -0.15) is 0 Å². The van der Waals surface area contributed by atoms with E-state index in [1.54, 1.807) is 7.11 Å². The minimum absolute atomic E-state index is 0.866. The third-order valence-corrected chi connectivity index (χ3v) is 4.46. The Morgan fingerprint density at radius 2 is 1.55 bits per heavy atom. The number of fused-ring (bicyclic) bond motifs is 3. The lowest BCUT2D eigenvalue weighted by Gasteiger charge is -2.09. The fourth-order valence-corrected chi connectivity index (χ4v) is 3.30. The van der Waals surface area contributed by atoms with Gasteiger partial charge in [0.15, 0.2) is 0 Å². The average molecular weight is 352 g/mol. The lowest BCUT2D eigenvalue weighted by atomic mass is 10.2. The van der Waals surface area contributed by atoms with Crippen LogP contribution in [0.4, 0.5) is 0 Å². The van der Waals surface area contributed by atoms with Gasteiger partial charge >= 0.3 is 0 Å². The second-order valence-electron chi connectivity index (χ2n) is 5.21. The van der Waals surface area contributed by atoms with Gasteiger partial charge in [0.05, 0.1) is 18.1 Å². The molecule has 0 saturated heterocycles. The molecule has 4 aromatic rings. The Morgan fingerprint density at radius 3 is 2.32 bits per heavy atom. The summed E-state index contributed by atoms with van der Waals surface area (Å²) in [5.74, 6) is 0.866. The predicted molar refractivity (Wildman–Crippen MR) is 95.0 cm³/mol. The number of hydrogen-bond donors (Lipinski definition) is 0. The first kappa shape index (κ1) is 13.4. The van der Waals surface area contributed by atoms with Gasteiger partial charge in [-0.15, -0.1) is 0 Å². The highest BCUT2D eigenvalue weighted by molar-refractivity contribution is 9.10. The van der Waals surface area contributed by atoms with Crippen LogP contribution in [-0.4, -0.2) is 11.7 Å². The molecule has 4 rings (SSSR count). The van der Waals surface area contributed by atoms with Crippen molar-refractivity contribution in [3.63, 3.8) is 0 Å². The summed E-state index contributed by atoms with van der Waals surface area (Å²) in [6.45, 7) is 0. The molecule has 3 aromatic carbocycles. The molecule has 2 nitrogen and oxygen atoms in total. The molecule has 0 saturated carbocycles. The van der Waals surface area contributed by atoms with E-state index in [0.29, 0.717) is 0 Å². The maximum atomic E-state index is 5.26. The topological polar surface area (TPSA) is 14.2 Å². The summed E-state index contributed by atoms with van der Waals surface area (Å²) < 4.78 is 8.63. The molecule has 1 aromatic heterocycles. The summed E-state index contributed by atoms with van der Waals surface area (Å²) in [6, 6.07) is 23.1. The van der Waals surface area contributed by atoms with E-state index in [2.05, 4.69) is 75.1 Å². The molecule has 0 aliphatic carbocycles. The molecule has 0 aliphatic heterocycles. The van der Waals surface area contributed by atoms with Crippen molar-refractivity contribution in [2.45, 2.75) is 0 Å². The molecule has 0 atom stereocenters. The Kier molecular flexibility index (Phi) is 3.16. The standard InChI is InChI=1S/C19H14BrNO/c1-22-15-9-7-14(8-10-15)21-18-5-3-2-4-16(18)17-11-6-13(20)12-19(17)21/h2-12H,1H3. The first-order chi connectivity index (χ1) is 10.8. The molecule has 0 unspecified atom stereocenters. The van der Waals surface area contributed by atoms with Gasteiger partial charge in [-0.3, -0.25) is 0 Å². The van der Waals surface area contributed by atoms with Crippen LogP contribution in [0.25, 0.3) is 27.5 Å². The number of hydrogen-bond acceptors (Lipinski definition) is 1. The zero-order chi connectivity index (χ0) is 15.1. The molecule has 0 radical (unpaired) electrons. The predicted octanol–water partition coefficient (Wildman–Crippen LogP) is 5.55. The van der Waals surface area contributed by atoms with Crippen LogP contribution in [0.15, 0.2) is 71.2 Å². The SMILES string of the molecule is COc1ccc(-n2c3ccccc3c3ccc(Br)cc32)cc1. The third kappa shape index (κ3) is 2.01. The molecule has 3 heteroatoms. The lowest BCUT2D eigenvalue weighted by Crippen LogP contribution is -1.93. The normalized spacial score (nSPS) is 11.2. The van der Waals surface area contributed by atoms with E-state index in [1.165, 1.54) is 21.8 Å². The second-order valence-corrected chi connectivity index (χ2v) is 6.13. The van der Waals surface area contributed by atoms with E-state index >= 15 is 0 Å². The van der Waals surface area contributed by atoms with E-state index in [-0.39, 0.29) is 0 Å². The lowest BCUT2D eigenvalue weighted by molar-refractivity contribution is 0.415. The van der Waals surface area contributed by atoms with Crippen LogP contribution in [-0.2, 0) is 0 Å². The van der Waals surface area contributed by atoms with E-state index in [0.717, 1.165) is 15.9 Å². The van der Waals surface area contributed by atoms with Crippen LogP contribution in [0.1, 0.15) is 0 Å². The number of benzene rings is 3. The first-order valence-corrected chi connectivity index (χ1v) is 7.90. The largest absolute Gasteiger partial charge is 0.497 e. The van der Waals surface area contributed by atoms with Crippen molar-refractivity contribution in [3.8, 4) is 11.4 Å². The highest BCUT2D eigenvalue weighted by Crippen LogP contribution is 2.33. The fraction of sp³-hybridized carbons (Fsp3) is 0.0526. The molecule has 0 aliphatic rings. The van der Waals surface area contributed by atoms with Gasteiger partial charge in [0.1, 0.15) is 5.75 Å². The van der Waals surface area contributed by atoms with Gasteiger partial charge in [-0.25, -0.2) is 0 Å². The summed E-state index contributed by atoms with van der Waals surface area (Å²) in [4.78, 5) is 0. The zero-order valence-corrected chi connectivity index (χ0v) is 13.7. The van der Waals surface area contributed by atoms with Gasteiger partial charge in [-0.05, 0) is 42.5 Å². The molecule has 0 fully saturated rings. The van der Waals surface area contributed by atoms with Crippen LogP contribution in [0.5, 0.6) is 5.75 Å². The Balaban J connectivity index is 2.10. The monoisotopic (exact) mass is 351 g/mol. The summed E-state index contributed by atoms with van der Waals surface area (Å²) in [5.41, 5.74) is 3.53. The Morgan fingerprint density at radius 1 is 0.818 bits per heavy atom. The highest BCUT2D eigenvalue weighted by atomic mass is 79.9. The molecule has 108 valence electrons.